The second-order valence-corrected chi connectivity index (χ2v) is 5.95. The molecule has 0 fully saturated rings. The maximum absolute atomic E-state index is 12.7. The number of nitrogens with one attached hydrogen (secondary N) is 1. The van der Waals surface area contributed by atoms with Crippen LogP contribution >= 0.6 is 0 Å². The predicted molar refractivity (Wildman–Crippen MR) is 96.5 cm³/mol. The minimum atomic E-state index is -4.49. The molecule has 8 heteroatoms. The third kappa shape index (κ3) is 3.25. The fourth-order valence-corrected chi connectivity index (χ4v) is 2.75. The molecular formula is C20H11F3N4O. The third-order valence-electron chi connectivity index (χ3n) is 4.13. The van der Waals surface area contributed by atoms with Crippen LogP contribution < -0.4 is 0 Å². The van der Waals surface area contributed by atoms with Gasteiger partial charge in [-0.2, -0.15) is 23.5 Å². The van der Waals surface area contributed by atoms with Crippen LogP contribution in [0.25, 0.3) is 34.1 Å². The molecule has 1 aromatic carbocycles. The molecule has 0 aliphatic carbocycles. The first-order chi connectivity index (χ1) is 13.5. The lowest BCUT2D eigenvalue weighted by Gasteiger charge is -2.06. The van der Waals surface area contributed by atoms with Crippen LogP contribution in [0.2, 0.25) is 0 Å². The van der Waals surface area contributed by atoms with E-state index >= 15 is 0 Å². The first-order valence-electron chi connectivity index (χ1n) is 8.13. The van der Waals surface area contributed by atoms with Crippen molar-refractivity contribution in [3.8, 4) is 17.5 Å². The van der Waals surface area contributed by atoms with Gasteiger partial charge in [-0.25, -0.2) is 0 Å². The minimum Gasteiger partial charge on any atom is -0.454 e. The highest BCUT2D eigenvalue weighted by molar-refractivity contribution is 5.91. The van der Waals surface area contributed by atoms with Crippen LogP contribution in [0.5, 0.6) is 0 Å². The van der Waals surface area contributed by atoms with Gasteiger partial charge in [0.15, 0.2) is 5.76 Å². The summed E-state index contributed by atoms with van der Waals surface area (Å²) >= 11 is 0. The van der Waals surface area contributed by atoms with Crippen molar-refractivity contribution in [3.63, 3.8) is 0 Å². The van der Waals surface area contributed by atoms with E-state index in [1.807, 2.05) is 36.4 Å². The number of nitrogens with zero attached hydrogens (tertiary/aromatic N) is 3. The predicted octanol–water partition coefficient (Wildman–Crippen LogP) is 5.30. The lowest BCUT2D eigenvalue weighted by atomic mass is 10.1. The molecule has 3 aromatic heterocycles. The summed E-state index contributed by atoms with van der Waals surface area (Å²) in [6, 6.07) is 13.3. The van der Waals surface area contributed by atoms with Crippen molar-refractivity contribution < 1.29 is 17.6 Å². The minimum absolute atomic E-state index is 0.104. The van der Waals surface area contributed by atoms with Gasteiger partial charge in [0, 0.05) is 17.1 Å². The number of hydrogen-bond donors (Lipinski definition) is 1. The van der Waals surface area contributed by atoms with E-state index in [1.54, 1.807) is 0 Å². The molecule has 1 N–H and O–H groups in total. The lowest BCUT2D eigenvalue weighted by molar-refractivity contribution is -0.137. The largest absolute Gasteiger partial charge is 0.454 e. The average molecular weight is 380 g/mol. The summed E-state index contributed by atoms with van der Waals surface area (Å²) in [5.74, 6) is 0.530. The van der Waals surface area contributed by atoms with Crippen LogP contribution in [0, 0.1) is 11.3 Å². The Morgan fingerprint density at radius 2 is 1.96 bits per heavy atom. The van der Waals surface area contributed by atoms with Crippen LogP contribution in [0.4, 0.5) is 13.2 Å². The van der Waals surface area contributed by atoms with Crippen LogP contribution in [0.15, 0.2) is 59.3 Å². The topological polar surface area (TPSA) is 78.5 Å². The molecule has 0 aliphatic heterocycles. The number of nitriles is 1. The highest BCUT2D eigenvalue weighted by Gasteiger charge is 2.30. The number of para-hydroxylation sites is 1. The van der Waals surface area contributed by atoms with Gasteiger partial charge in [-0.05, 0) is 30.3 Å². The Morgan fingerprint density at radius 1 is 1.14 bits per heavy atom. The zero-order valence-electron chi connectivity index (χ0n) is 14.2. The van der Waals surface area contributed by atoms with Crippen molar-refractivity contribution in [2.75, 3.05) is 0 Å². The molecule has 0 amide bonds. The Balaban J connectivity index is 1.72. The van der Waals surface area contributed by atoms with E-state index < -0.39 is 11.7 Å². The van der Waals surface area contributed by atoms with Crippen LogP contribution in [0.3, 0.4) is 0 Å². The summed E-state index contributed by atoms with van der Waals surface area (Å²) in [5, 5.41) is 17.2. The average Bonchev–Trinajstić information content (AvgIpc) is 3.31. The zero-order chi connectivity index (χ0) is 19.7. The van der Waals surface area contributed by atoms with Crippen molar-refractivity contribution in [1.29, 1.82) is 5.26 Å². The molecule has 0 aliphatic rings. The number of alkyl halides is 3. The van der Waals surface area contributed by atoms with E-state index in [9.17, 15) is 18.4 Å². The summed E-state index contributed by atoms with van der Waals surface area (Å²) in [6.45, 7) is 0. The van der Waals surface area contributed by atoms with Crippen molar-refractivity contribution in [1.82, 2.24) is 15.2 Å². The van der Waals surface area contributed by atoms with Crippen LogP contribution in [-0.2, 0) is 6.18 Å². The molecule has 4 rings (SSSR count). The van der Waals surface area contributed by atoms with E-state index in [-0.39, 0.29) is 11.3 Å². The number of rotatable bonds is 3. The number of pyridine rings is 1. The molecule has 138 valence electrons. The number of fused-ring (bicyclic) bond motifs is 1. The summed E-state index contributed by atoms with van der Waals surface area (Å²) < 4.78 is 43.9. The smallest absolute Gasteiger partial charge is 0.417 e. The first kappa shape index (κ1) is 17.5. The molecule has 5 nitrogen and oxygen atoms in total. The highest BCUT2D eigenvalue weighted by Crippen LogP contribution is 2.31. The van der Waals surface area contributed by atoms with E-state index in [1.165, 1.54) is 18.3 Å². The highest BCUT2D eigenvalue weighted by atomic mass is 19.4. The Kier molecular flexibility index (Phi) is 4.20. The maximum Gasteiger partial charge on any atom is 0.417 e. The van der Waals surface area contributed by atoms with Gasteiger partial charge in [-0.1, -0.05) is 18.2 Å². The van der Waals surface area contributed by atoms with Gasteiger partial charge in [0.05, 0.1) is 23.0 Å². The van der Waals surface area contributed by atoms with Crippen molar-refractivity contribution in [2.45, 2.75) is 6.18 Å². The normalized spacial score (nSPS) is 12.3. The Bertz CT molecular complexity index is 1180. The number of halogens is 3. The Morgan fingerprint density at radius 3 is 2.64 bits per heavy atom. The maximum atomic E-state index is 12.7. The number of aromatic amines is 1. The SMILES string of the molecule is N#C/C(=C/c1cn[nH]c1-c1cc2ccccc2o1)c1ccc(C(F)(F)F)cn1. The molecule has 3 heterocycles. The summed E-state index contributed by atoms with van der Waals surface area (Å²) in [4.78, 5) is 3.77. The third-order valence-corrected chi connectivity index (χ3v) is 4.13. The van der Waals surface area contributed by atoms with Crippen LogP contribution in [-0.4, -0.2) is 15.2 Å². The molecule has 0 atom stereocenters. The number of furan rings is 1. The first-order valence-corrected chi connectivity index (χ1v) is 8.13. The summed E-state index contributed by atoms with van der Waals surface area (Å²) in [7, 11) is 0. The summed E-state index contributed by atoms with van der Waals surface area (Å²) in [5.41, 5.74) is 1.17. The van der Waals surface area contributed by atoms with Crippen molar-refractivity contribution >= 4 is 22.6 Å². The fourth-order valence-electron chi connectivity index (χ4n) is 2.75. The monoisotopic (exact) mass is 380 g/mol. The van der Waals surface area contributed by atoms with Gasteiger partial charge in [0.1, 0.15) is 17.3 Å². The molecule has 28 heavy (non-hydrogen) atoms. The lowest BCUT2D eigenvalue weighted by Crippen LogP contribution is -2.05. The van der Waals surface area contributed by atoms with Gasteiger partial charge in [0.25, 0.3) is 0 Å². The molecule has 0 saturated heterocycles. The molecular weight excluding hydrogens is 369 g/mol. The van der Waals surface area contributed by atoms with Crippen LogP contribution in [0.1, 0.15) is 16.8 Å². The van der Waals surface area contributed by atoms with Crippen molar-refractivity contribution in [3.05, 3.63) is 71.7 Å². The van der Waals surface area contributed by atoms with E-state index in [4.69, 9.17) is 4.42 Å². The molecule has 0 bridgehead atoms. The molecule has 0 radical (unpaired) electrons. The second kappa shape index (κ2) is 6.70. The molecule has 0 saturated carbocycles. The number of H-pyrrole nitrogens is 1. The van der Waals surface area contributed by atoms with Gasteiger partial charge in [-0.3, -0.25) is 10.1 Å². The van der Waals surface area contributed by atoms with Gasteiger partial charge >= 0.3 is 6.18 Å². The fraction of sp³-hybridized carbons (Fsp3) is 0.0500. The van der Waals surface area contributed by atoms with Gasteiger partial charge < -0.3 is 4.42 Å². The number of hydrogen-bond acceptors (Lipinski definition) is 4. The Hall–Kier alpha value is -3.86. The zero-order valence-corrected chi connectivity index (χ0v) is 14.2. The number of allylic oxidation sites excluding steroid dienone is 1. The second-order valence-electron chi connectivity index (χ2n) is 5.95. The number of benzene rings is 1. The standard InChI is InChI=1S/C20H11F3N4O/c21-20(22,23)15-5-6-16(25-11-15)13(9-24)7-14-10-26-27-19(14)18-8-12-3-1-2-4-17(12)28-18/h1-8,10-11H,(H,26,27)/b13-7-. The molecule has 0 unspecified atom stereocenters. The van der Waals surface area contributed by atoms with Crippen molar-refractivity contribution in [2.24, 2.45) is 0 Å². The van der Waals surface area contributed by atoms with E-state index in [0.29, 0.717) is 28.8 Å². The molecule has 0 spiro atoms. The number of aromatic nitrogens is 3. The Labute approximate surface area is 156 Å². The van der Waals surface area contributed by atoms with E-state index in [0.717, 1.165) is 11.5 Å². The van der Waals surface area contributed by atoms with Gasteiger partial charge in [-0.15, -0.1) is 0 Å². The summed E-state index contributed by atoms with van der Waals surface area (Å²) in [6.07, 6.45) is -0.775. The molecule has 4 aromatic rings. The van der Waals surface area contributed by atoms with E-state index in [2.05, 4.69) is 15.2 Å². The van der Waals surface area contributed by atoms with Gasteiger partial charge in [0.2, 0.25) is 0 Å². The quantitative estimate of drug-likeness (QED) is 0.489.